The Balaban J connectivity index is 2.79. The van der Waals surface area contributed by atoms with E-state index in [0.29, 0.717) is 4.99 Å². The maximum Gasteiger partial charge on any atom is 0.104 e. The minimum atomic E-state index is 0.385. The van der Waals surface area contributed by atoms with Crippen molar-refractivity contribution in [2.45, 2.75) is 19.9 Å². The van der Waals surface area contributed by atoms with Crippen molar-refractivity contribution in [3.63, 3.8) is 0 Å². The van der Waals surface area contributed by atoms with Crippen molar-refractivity contribution in [3.05, 3.63) is 34.3 Å². The molecule has 0 spiro atoms. The molecule has 88 valence electrons. The molecule has 0 aromatic heterocycles. The highest BCUT2D eigenvalue weighted by Gasteiger charge is 2.06. The van der Waals surface area contributed by atoms with Crippen molar-refractivity contribution in [2.75, 3.05) is 13.6 Å². The van der Waals surface area contributed by atoms with E-state index >= 15 is 0 Å². The standard InChI is InChI=1S/C12H17ClN2S/c1-3-6-15(2)8-10-5-4-9(12(14)16)7-11(10)13/h4-5,7H,3,6,8H2,1-2H3,(H2,14,16). The summed E-state index contributed by atoms with van der Waals surface area (Å²) < 4.78 is 0. The summed E-state index contributed by atoms with van der Waals surface area (Å²) in [5.41, 5.74) is 7.47. The van der Waals surface area contributed by atoms with Crippen LogP contribution in [0.2, 0.25) is 5.02 Å². The van der Waals surface area contributed by atoms with Gasteiger partial charge < -0.3 is 10.6 Å². The van der Waals surface area contributed by atoms with Gasteiger partial charge in [-0.15, -0.1) is 0 Å². The molecule has 0 amide bonds. The third-order valence-electron chi connectivity index (χ3n) is 2.38. The first-order chi connectivity index (χ1) is 7.54. The molecule has 0 saturated heterocycles. The molecule has 16 heavy (non-hydrogen) atoms. The van der Waals surface area contributed by atoms with E-state index in [-0.39, 0.29) is 0 Å². The molecule has 2 N–H and O–H groups in total. The topological polar surface area (TPSA) is 29.3 Å². The van der Waals surface area contributed by atoms with E-state index < -0.39 is 0 Å². The van der Waals surface area contributed by atoms with Gasteiger partial charge in [-0.05, 0) is 31.6 Å². The van der Waals surface area contributed by atoms with Gasteiger partial charge in [-0.3, -0.25) is 0 Å². The maximum absolute atomic E-state index is 6.18. The van der Waals surface area contributed by atoms with Gasteiger partial charge in [0, 0.05) is 17.1 Å². The largest absolute Gasteiger partial charge is 0.389 e. The van der Waals surface area contributed by atoms with Gasteiger partial charge in [0.25, 0.3) is 0 Å². The Morgan fingerprint density at radius 1 is 1.50 bits per heavy atom. The molecule has 0 fully saturated rings. The Kier molecular flexibility index (Phi) is 5.19. The average Bonchev–Trinajstić information content (AvgIpc) is 2.21. The number of halogens is 1. The first kappa shape index (κ1) is 13.4. The molecule has 1 aromatic rings. The molecule has 2 nitrogen and oxygen atoms in total. The highest BCUT2D eigenvalue weighted by molar-refractivity contribution is 7.80. The zero-order valence-electron chi connectivity index (χ0n) is 9.66. The van der Waals surface area contributed by atoms with Crippen molar-refractivity contribution in [1.29, 1.82) is 0 Å². The summed E-state index contributed by atoms with van der Waals surface area (Å²) in [6.07, 6.45) is 1.14. The number of rotatable bonds is 5. The second-order valence-electron chi connectivity index (χ2n) is 3.91. The Labute approximate surface area is 107 Å². The predicted octanol–water partition coefficient (Wildman–Crippen LogP) is 2.82. The third-order valence-corrected chi connectivity index (χ3v) is 2.97. The van der Waals surface area contributed by atoms with Crippen LogP contribution in [0.5, 0.6) is 0 Å². The molecule has 0 saturated carbocycles. The molecule has 0 atom stereocenters. The first-order valence-electron chi connectivity index (χ1n) is 5.31. The summed E-state index contributed by atoms with van der Waals surface area (Å²) in [5, 5.41) is 0.730. The van der Waals surface area contributed by atoms with Crippen LogP contribution in [-0.4, -0.2) is 23.5 Å². The van der Waals surface area contributed by atoms with Crippen molar-refractivity contribution >= 4 is 28.8 Å². The van der Waals surface area contributed by atoms with E-state index in [1.807, 2.05) is 18.2 Å². The number of benzene rings is 1. The van der Waals surface area contributed by atoms with Gasteiger partial charge in [-0.1, -0.05) is 42.9 Å². The van der Waals surface area contributed by atoms with E-state index in [9.17, 15) is 0 Å². The Hall–Kier alpha value is -0.640. The summed E-state index contributed by atoms with van der Waals surface area (Å²) in [6.45, 7) is 4.08. The van der Waals surface area contributed by atoms with Gasteiger partial charge >= 0.3 is 0 Å². The van der Waals surface area contributed by atoms with Crippen LogP contribution in [0.15, 0.2) is 18.2 Å². The fourth-order valence-corrected chi connectivity index (χ4v) is 1.95. The summed E-state index contributed by atoms with van der Waals surface area (Å²) in [4.78, 5) is 2.62. The first-order valence-corrected chi connectivity index (χ1v) is 6.10. The highest BCUT2D eigenvalue weighted by Crippen LogP contribution is 2.19. The monoisotopic (exact) mass is 256 g/mol. The average molecular weight is 257 g/mol. The van der Waals surface area contributed by atoms with Crippen LogP contribution in [0, 0.1) is 0 Å². The fourth-order valence-electron chi connectivity index (χ4n) is 1.58. The van der Waals surface area contributed by atoms with Crippen LogP contribution in [0.25, 0.3) is 0 Å². The van der Waals surface area contributed by atoms with Crippen molar-refractivity contribution in [1.82, 2.24) is 4.90 Å². The molecular weight excluding hydrogens is 240 g/mol. The number of hydrogen-bond donors (Lipinski definition) is 1. The number of hydrogen-bond acceptors (Lipinski definition) is 2. The Morgan fingerprint density at radius 2 is 2.19 bits per heavy atom. The summed E-state index contributed by atoms with van der Waals surface area (Å²) >= 11 is 11.1. The van der Waals surface area contributed by atoms with E-state index in [1.165, 1.54) is 0 Å². The lowest BCUT2D eigenvalue weighted by atomic mass is 10.1. The van der Waals surface area contributed by atoms with Gasteiger partial charge in [0.2, 0.25) is 0 Å². The minimum absolute atomic E-state index is 0.385. The second-order valence-corrected chi connectivity index (χ2v) is 4.76. The molecule has 0 aliphatic rings. The number of thiocarbonyl (C=S) groups is 1. The number of nitrogens with two attached hydrogens (primary N) is 1. The lowest BCUT2D eigenvalue weighted by Gasteiger charge is -2.16. The van der Waals surface area contributed by atoms with E-state index in [4.69, 9.17) is 29.6 Å². The van der Waals surface area contributed by atoms with Crippen molar-refractivity contribution in [2.24, 2.45) is 5.73 Å². The zero-order chi connectivity index (χ0) is 12.1. The fraction of sp³-hybridized carbons (Fsp3) is 0.417. The summed E-state index contributed by atoms with van der Waals surface area (Å²) in [5.74, 6) is 0. The second kappa shape index (κ2) is 6.18. The Bertz CT molecular complexity index is 379. The smallest absolute Gasteiger partial charge is 0.104 e. The van der Waals surface area contributed by atoms with Gasteiger partial charge in [-0.25, -0.2) is 0 Å². The maximum atomic E-state index is 6.18. The summed E-state index contributed by atoms with van der Waals surface area (Å²) in [7, 11) is 2.08. The van der Waals surface area contributed by atoms with Crippen LogP contribution in [0.1, 0.15) is 24.5 Å². The molecule has 1 aromatic carbocycles. The van der Waals surface area contributed by atoms with Crippen LogP contribution < -0.4 is 5.73 Å². The third kappa shape index (κ3) is 3.74. The van der Waals surface area contributed by atoms with Crippen LogP contribution in [0.4, 0.5) is 0 Å². The molecule has 0 aliphatic carbocycles. The van der Waals surface area contributed by atoms with Crippen LogP contribution >= 0.6 is 23.8 Å². The molecule has 0 aliphatic heterocycles. The molecule has 0 radical (unpaired) electrons. The van der Waals surface area contributed by atoms with Crippen molar-refractivity contribution in [3.8, 4) is 0 Å². The zero-order valence-corrected chi connectivity index (χ0v) is 11.2. The molecular formula is C12H17ClN2S. The lowest BCUT2D eigenvalue weighted by molar-refractivity contribution is 0.327. The molecule has 0 unspecified atom stereocenters. The van der Waals surface area contributed by atoms with Crippen molar-refractivity contribution < 1.29 is 0 Å². The minimum Gasteiger partial charge on any atom is -0.389 e. The van der Waals surface area contributed by atoms with Crippen LogP contribution in [0.3, 0.4) is 0 Å². The Morgan fingerprint density at radius 3 is 2.69 bits per heavy atom. The molecule has 1 rings (SSSR count). The lowest BCUT2D eigenvalue weighted by Crippen LogP contribution is -2.19. The summed E-state index contributed by atoms with van der Waals surface area (Å²) in [6, 6.07) is 5.74. The SMILES string of the molecule is CCCN(C)Cc1ccc(C(N)=S)cc1Cl. The molecule has 4 heteroatoms. The molecule has 0 bridgehead atoms. The van der Waals surface area contributed by atoms with Gasteiger partial charge in [-0.2, -0.15) is 0 Å². The highest BCUT2D eigenvalue weighted by atomic mass is 35.5. The van der Waals surface area contributed by atoms with Gasteiger partial charge in [0.05, 0.1) is 0 Å². The molecule has 0 heterocycles. The van der Waals surface area contributed by atoms with E-state index in [0.717, 1.165) is 35.7 Å². The van der Waals surface area contributed by atoms with Gasteiger partial charge in [0.1, 0.15) is 4.99 Å². The predicted molar refractivity (Wildman–Crippen MR) is 74.0 cm³/mol. The van der Waals surface area contributed by atoms with Crippen LogP contribution in [-0.2, 0) is 6.54 Å². The number of nitrogens with zero attached hydrogens (tertiary/aromatic N) is 1. The van der Waals surface area contributed by atoms with E-state index in [2.05, 4.69) is 18.9 Å². The van der Waals surface area contributed by atoms with Gasteiger partial charge in [0.15, 0.2) is 0 Å². The quantitative estimate of drug-likeness (QED) is 0.822. The van der Waals surface area contributed by atoms with E-state index in [1.54, 1.807) is 0 Å². The normalized spacial score (nSPS) is 10.8.